The van der Waals surface area contributed by atoms with Crippen LogP contribution in [-0.2, 0) is 6.42 Å². The van der Waals surface area contributed by atoms with Crippen LogP contribution in [0.3, 0.4) is 0 Å². The highest BCUT2D eigenvalue weighted by molar-refractivity contribution is 5.94. The van der Waals surface area contributed by atoms with Gasteiger partial charge >= 0.3 is 0 Å². The van der Waals surface area contributed by atoms with Crippen molar-refractivity contribution in [3.8, 4) is 11.5 Å². The predicted octanol–water partition coefficient (Wildman–Crippen LogP) is 3.43. The Morgan fingerprint density at radius 2 is 1.85 bits per heavy atom. The molecule has 0 aliphatic rings. The lowest BCUT2D eigenvalue weighted by Crippen LogP contribution is -2.27. The molecule has 0 atom stereocenters. The van der Waals surface area contributed by atoms with Crippen LogP contribution in [0.1, 0.15) is 21.8 Å². The Balaban J connectivity index is 1.62. The Morgan fingerprint density at radius 1 is 1.08 bits per heavy atom. The number of hydrogen-bond acceptors (Lipinski definition) is 4. The van der Waals surface area contributed by atoms with E-state index in [1.165, 1.54) is 0 Å². The standard InChI is InChI=1S/C18H14F3N3O2/c1-10-4-2-3-5-11(10)18-24-23-14(26-18)8-9-22-17(25)12-6-7-13(19)16(21)15(12)20/h2-7H,8-9H2,1H3,(H,22,25). The van der Waals surface area contributed by atoms with Gasteiger partial charge in [0.05, 0.1) is 5.56 Å². The zero-order valence-electron chi connectivity index (χ0n) is 13.7. The second-order valence-corrected chi connectivity index (χ2v) is 5.54. The first-order valence-corrected chi connectivity index (χ1v) is 7.77. The third kappa shape index (κ3) is 3.58. The Hall–Kier alpha value is -3.16. The van der Waals surface area contributed by atoms with Gasteiger partial charge in [0.1, 0.15) is 0 Å². The van der Waals surface area contributed by atoms with E-state index in [2.05, 4.69) is 15.5 Å². The van der Waals surface area contributed by atoms with Gasteiger partial charge in [-0.15, -0.1) is 10.2 Å². The van der Waals surface area contributed by atoms with Crippen LogP contribution in [0.15, 0.2) is 40.8 Å². The minimum absolute atomic E-state index is 0.0622. The summed E-state index contributed by atoms with van der Waals surface area (Å²) in [6.45, 7) is 1.97. The third-order valence-corrected chi connectivity index (χ3v) is 3.75. The molecular weight excluding hydrogens is 347 g/mol. The maximum absolute atomic E-state index is 13.6. The summed E-state index contributed by atoms with van der Waals surface area (Å²) in [4.78, 5) is 11.9. The van der Waals surface area contributed by atoms with Crippen LogP contribution in [0.4, 0.5) is 13.2 Å². The first kappa shape index (κ1) is 17.7. The van der Waals surface area contributed by atoms with Crippen molar-refractivity contribution in [2.24, 2.45) is 0 Å². The predicted molar refractivity (Wildman–Crippen MR) is 86.8 cm³/mol. The summed E-state index contributed by atoms with van der Waals surface area (Å²) < 4.78 is 45.2. The summed E-state index contributed by atoms with van der Waals surface area (Å²) in [6, 6.07) is 9.08. The van der Waals surface area contributed by atoms with Gasteiger partial charge in [-0.1, -0.05) is 18.2 Å². The summed E-state index contributed by atoms with van der Waals surface area (Å²) in [5.41, 5.74) is 1.21. The maximum atomic E-state index is 13.6. The van der Waals surface area contributed by atoms with Crippen molar-refractivity contribution in [3.63, 3.8) is 0 Å². The smallest absolute Gasteiger partial charge is 0.254 e. The highest BCUT2D eigenvalue weighted by Gasteiger charge is 2.18. The second kappa shape index (κ2) is 7.38. The van der Waals surface area contributed by atoms with Crippen molar-refractivity contribution >= 4 is 5.91 Å². The van der Waals surface area contributed by atoms with Gasteiger partial charge in [-0.25, -0.2) is 13.2 Å². The van der Waals surface area contributed by atoms with Gasteiger partial charge in [0.25, 0.3) is 5.91 Å². The number of halogens is 3. The zero-order valence-corrected chi connectivity index (χ0v) is 13.7. The molecule has 5 nitrogen and oxygen atoms in total. The van der Waals surface area contributed by atoms with Gasteiger partial charge in [-0.2, -0.15) is 0 Å². The van der Waals surface area contributed by atoms with Crippen molar-refractivity contribution in [1.82, 2.24) is 15.5 Å². The van der Waals surface area contributed by atoms with Crippen LogP contribution >= 0.6 is 0 Å². The van der Waals surface area contributed by atoms with Gasteiger partial charge in [0, 0.05) is 18.5 Å². The van der Waals surface area contributed by atoms with E-state index in [9.17, 15) is 18.0 Å². The van der Waals surface area contributed by atoms with Crippen LogP contribution in [-0.4, -0.2) is 22.6 Å². The number of aromatic nitrogens is 2. The van der Waals surface area contributed by atoms with Gasteiger partial charge in [0.2, 0.25) is 11.8 Å². The molecule has 134 valence electrons. The Kier molecular flexibility index (Phi) is 5.01. The number of benzene rings is 2. The van der Waals surface area contributed by atoms with E-state index in [0.717, 1.165) is 17.2 Å². The number of rotatable bonds is 5. The first-order chi connectivity index (χ1) is 12.5. The molecule has 8 heteroatoms. The molecule has 26 heavy (non-hydrogen) atoms. The molecule has 0 saturated heterocycles. The van der Waals surface area contributed by atoms with Crippen LogP contribution in [0.2, 0.25) is 0 Å². The Bertz CT molecular complexity index is 957. The lowest BCUT2D eigenvalue weighted by Gasteiger charge is -2.05. The molecular formula is C18H14F3N3O2. The topological polar surface area (TPSA) is 68.0 Å². The molecule has 2 aromatic carbocycles. The molecule has 0 radical (unpaired) electrons. The monoisotopic (exact) mass is 361 g/mol. The van der Waals surface area contributed by atoms with Gasteiger partial charge < -0.3 is 9.73 Å². The minimum Gasteiger partial charge on any atom is -0.421 e. The lowest BCUT2D eigenvalue weighted by atomic mass is 10.1. The molecule has 3 rings (SSSR count). The number of amides is 1. The number of aryl methyl sites for hydroxylation is 1. The fourth-order valence-electron chi connectivity index (χ4n) is 2.36. The van der Waals surface area contributed by atoms with Crippen LogP contribution in [0.25, 0.3) is 11.5 Å². The largest absolute Gasteiger partial charge is 0.421 e. The van der Waals surface area contributed by atoms with Crippen molar-refractivity contribution < 1.29 is 22.4 Å². The van der Waals surface area contributed by atoms with Crippen molar-refractivity contribution in [1.29, 1.82) is 0 Å². The van der Waals surface area contributed by atoms with E-state index in [1.54, 1.807) is 0 Å². The molecule has 1 heterocycles. The maximum Gasteiger partial charge on any atom is 0.254 e. The van der Waals surface area contributed by atoms with E-state index >= 15 is 0 Å². The number of nitrogens with zero attached hydrogens (tertiary/aromatic N) is 2. The van der Waals surface area contributed by atoms with Crippen LogP contribution < -0.4 is 5.32 Å². The normalized spacial score (nSPS) is 10.8. The number of carbonyl (C=O) groups is 1. The lowest BCUT2D eigenvalue weighted by molar-refractivity contribution is 0.0948. The van der Waals surface area contributed by atoms with E-state index in [4.69, 9.17) is 4.42 Å². The summed E-state index contributed by atoms with van der Waals surface area (Å²) >= 11 is 0. The van der Waals surface area contributed by atoms with Gasteiger partial charge in [-0.3, -0.25) is 4.79 Å². The average molecular weight is 361 g/mol. The summed E-state index contributed by atoms with van der Waals surface area (Å²) in [6.07, 6.45) is 0.204. The van der Waals surface area contributed by atoms with E-state index in [1.807, 2.05) is 31.2 Å². The molecule has 0 bridgehead atoms. The summed E-state index contributed by atoms with van der Waals surface area (Å²) in [5.74, 6) is -4.78. The third-order valence-electron chi connectivity index (χ3n) is 3.75. The molecule has 1 aromatic heterocycles. The highest BCUT2D eigenvalue weighted by atomic mass is 19.2. The first-order valence-electron chi connectivity index (χ1n) is 7.77. The van der Waals surface area contributed by atoms with Gasteiger partial charge in [0.15, 0.2) is 17.5 Å². The summed E-state index contributed by atoms with van der Waals surface area (Å²) in [5, 5.41) is 10.3. The molecule has 0 aliphatic heterocycles. The minimum atomic E-state index is -1.68. The summed E-state index contributed by atoms with van der Waals surface area (Å²) in [7, 11) is 0. The Morgan fingerprint density at radius 3 is 2.62 bits per heavy atom. The molecule has 0 saturated carbocycles. The van der Waals surface area contributed by atoms with Crippen molar-refractivity contribution in [2.75, 3.05) is 6.54 Å². The molecule has 3 aromatic rings. The van der Waals surface area contributed by atoms with E-state index in [-0.39, 0.29) is 18.9 Å². The SMILES string of the molecule is Cc1ccccc1-c1nnc(CCNC(=O)c2ccc(F)c(F)c2F)o1. The van der Waals surface area contributed by atoms with Crippen molar-refractivity contribution in [2.45, 2.75) is 13.3 Å². The zero-order chi connectivity index (χ0) is 18.7. The molecule has 1 N–H and O–H groups in total. The molecule has 0 aliphatic carbocycles. The fraction of sp³-hybridized carbons (Fsp3) is 0.167. The van der Waals surface area contributed by atoms with Crippen LogP contribution in [0.5, 0.6) is 0 Å². The fourth-order valence-corrected chi connectivity index (χ4v) is 2.36. The van der Waals surface area contributed by atoms with Gasteiger partial charge in [-0.05, 0) is 30.7 Å². The second-order valence-electron chi connectivity index (χ2n) is 5.54. The Labute approximate surface area is 146 Å². The van der Waals surface area contributed by atoms with E-state index in [0.29, 0.717) is 12.0 Å². The van der Waals surface area contributed by atoms with E-state index < -0.39 is 28.9 Å². The number of nitrogens with one attached hydrogen (secondary N) is 1. The van der Waals surface area contributed by atoms with Crippen LogP contribution in [0, 0.1) is 24.4 Å². The molecule has 1 amide bonds. The highest BCUT2D eigenvalue weighted by Crippen LogP contribution is 2.21. The number of hydrogen-bond donors (Lipinski definition) is 1. The molecule has 0 spiro atoms. The molecule has 0 unspecified atom stereocenters. The molecule has 0 fully saturated rings. The number of carbonyl (C=O) groups excluding carboxylic acids is 1. The average Bonchev–Trinajstić information content (AvgIpc) is 3.08. The quantitative estimate of drug-likeness (QED) is 0.707. The van der Waals surface area contributed by atoms with Crippen molar-refractivity contribution in [3.05, 3.63) is 70.9 Å².